The molecule has 0 aliphatic heterocycles. The van der Waals surface area contributed by atoms with Crippen LogP contribution < -0.4 is 20.7 Å². The lowest BCUT2D eigenvalue weighted by Gasteiger charge is -2.21. The molecule has 22 heavy (non-hydrogen) atoms. The number of carbonyl (C=O) groups excluding carboxylic acids is 2. The second kappa shape index (κ2) is 7.15. The number of imide groups is 1. The fourth-order valence-electron chi connectivity index (χ4n) is 1.88. The van der Waals surface area contributed by atoms with Gasteiger partial charge in [0.1, 0.15) is 11.8 Å². The van der Waals surface area contributed by atoms with E-state index in [0.29, 0.717) is 0 Å². The Morgan fingerprint density at radius 2 is 1.86 bits per heavy atom. The molecule has 122 valence electrons. The van der Waals surface area contributed by atoms with E-state index in [1.165, 1.54) is 0 Å². The predicted molar refractivity (Wildman–Crippen MR) is 87.2 cm³/mol. The smallest absolute Gasteiger partial charge is 0.321 e. The van der Waals surface area contributed by atoms with Crippen LogP contribution in [0.25, 0.3) is 0 Å². The highest BCUT2D eigenvalue weighted by molar-refractivity contribution is 5.98. The largest absolute Gasteiger partial charge is 0.496 e. The molecule has 3 N–H and O–H groups in total. The maximum Gasteiger partial charge on any atom is 0.321 e. The van der Waals surface area contributed by atoms with E-state index in [2.05, 4.69) is 16.0 Å². The van der Waals surface area contributed by atoms with Crippen molar-refractivity contribution in [2.45, 2.75) is 46.2 Å². The van der Waals surface area contributed by atoms with Crippen molar-refractivity contribution in [3.8, 4) is 5.75 Å². The van der Waals surface area contributed by atoms with Crippen LogP contribution >= 0.6 is 0 Å². The Balaban J connectivity index is 2.61. The van der Waals surface area contributed by atoms with E-state index in [9.17, 15) is 9.59 Å². The van der Waals surface area contributed by atoms with Crippen molar-refractivity contribution >= 4 is 17.6 Å². The normalized spacial score (nSPS) is 12.3. The summed E-state index contributed by atoms with van der Waals surface area (Å²) in [5.41, 5.74) is 1.36. The van der Waals surface area contributed by atoms with Crippen LogP contribution in [0.3, 0.4) is 0 Å². The fraction of sp³-hybridized carbons (Fsp3) is 0.500. The maximum atomic E-state index is 12.0. The second-order valence-electron chi connectivity index (χ2n) is 6.24. The molecule has 0 heterocycles. The first-order chi connectivity index (χ1) is 10.1. The summed E-state index contributed by atoms with van der Waals surface area (Å²) in [7, 11) is 1.61. The Kier molecular flexibility index (Phi) is 5.79. The van der Waals surface area contributed by atoms with Crippen LogP contribution in [-0.2, 0) is 4.79 Å². The van der Waals surface area contributed by atoms with Gasteiger partial charge >= 0.3 is 6.03 Å². The van der Waals surface area contributed by atoms with E-state index in [1.54, 1.807) is 14.0 Å². The highest BCUT2D eigenvalue weighted by atomic mass is 16.5. The van der Waals surface area contributed by atoms with E-state index in [1.807, 2.05) is 45.9 Å². The Bertz CT molecular complexity index is 550. The monoisotopic (exact) mass is 307 g/mol. The lowest BCUT2D eigenvalue weighted by molar-refractivity contribution is -0.120. The third kappa shape index (κ3) is 5.63. The number of aryl methyl sites for hydroxylation is 1. The van der Waals surface area contributed by atoms with Crippen molar-refractivity contribution in [1.82, 2.24) is 10.6 Å². The summed E-state index contributed by atoms with van der Waals surface area (Å²) in [5.74, 6) is 0.391. The number of rotatable bonds is 4. The Hall–Kier alpha value is -2.24. The molecule has 0 radical (unpaired) electrons. The van der Waals surface area contributed by atoms with E-state index in [-0.39, 0.29) is 0 Å². The number of anilines is 1. The van der Waals surface area contributed by atoms with Gasteiger partial charge in [-0.1, -0.05) is 0 Å². The summed E-state index contributed by atoms with van der Waals surface area (Å²) in [5, 5.41) is 8.05. The highest BCUT2D eigenvalue weighted by Gasteiger charge is 2.19. The zero-order valence-electron chi connectivity index (χ0n) is 14.0. The number of carbonyl (C=O) groups is 2. The number of hydrogen-bond donors (Lipinski definition) is 3. The fourth-order valence-corrected chi connectivity index (χ4v) is 1.88. The van der Waals surface area contributed by atoms with E-state index < -0.39 is 23.5 Å². The van der Waals surface area contributed by atoms with E-state index >= 15 is 0 Å². The summed E-state index contributed by atoms with van der Waals surface area (Å²) in [6.45, 7) is 9.15. The number of amides is 3. The molecule has 6 nitrogen and oxygen atoms in total. The number of ether oxygens (including phenoxy) is 1. The van der Waals surface area contributed by atoms with Gasteiger partial charge in [0.05, 0.1) is 7.11 Å². The number of hydrogen-bond acceptors (Lipinski definition) is 4. The number of nitrogens with one attached hydrogen (secondary N) is 3. The average molecular weight is 307 g/mol. The Labute approximate surface area is 131 Å². The molecule has 6 heteroatoms. The zero-order chi connectivity index (χ0) is 16.9. The summed E-state index contributed by atoms with van der Waals surface area (Å²) in [6.07, 6.45) is 0. The molecule has 1 unspecified atom stereocenters. The number of methoxy groups -OCH3 is 1. The topological polar surface area (TPSA) is 79.5 Å². The molecule has 0 saturated heterocycles. The van der Waals surface area contributed by atoms with Crippen LogP contribution in [0.5, 0.6) is 5.75 Å². The van der Waals surface area contributed by atoms with Crippen molar-refractivity contribution in [2.24, 2.45) is 0 Å². The molecule has 0 saturated carbocycles. The third-order valence-corrected chi connectivity index (χ3v) is 2.90. The molecule has 0 aliphatic rings. The molecule has 0 spiro atoms. The minimum Gasteiger partial charge on any atom is -0.496 e. The molecule has 0 aliphatic carbocycles. The van der Waals surface area contributed by atoms with Crippen LogP contribution in [0.2, 0.25) is 0 Å². The summed E-state index contributed by atoms with van der Waals surface area (Å²) in [6, 6.07) is 4.49. The predicted octanol–water partition coefficient (Wildman–Crippen LogP) is 2.43. The minimum atomic E-state index is -0.543. The van der Waals surface area contributed by atoms with Gasteiger partial charge in [-0.25, -0.2) is 4.79 Å². The first kappa shape index (κ1) is 17.8. The van der Waals surface area contributed by atoms with Gasteiger partial charge in [0, 0.05) is 11.2 Å². The van der Waals surface area contributed by atoms with E-state index in [4.69, 9.17) is 4.74 Å². The standard InChI is InChI=1S/C16H25N3O3/c1-10-9-12(7-8-13(10)22-6)17-11(2)14(20)18-15(21)19-16(3,4)5/h7-9,11,17H,1-6H3,(H2,18,19,20,21). The van der Waals surface area contributed by atoms with Crippen LogP contribution in [-0.4, -0.2) is 30.6 Å². The van der Waals surface area contributed by atoms with Gasteiger partial charge in [0.25, 0.3) is 0 Å². The first-order valence-corrected chi connectivity index (χ1v) is 7.16. The minimum absolute atomic E-state index is 0.393. The van der Waals surface area contributed by atoms with Gasteiger partial charge < -0.3 is 15.4 Å². The molecule has 1 aromatic rings. The van der Waals surface area contributed by atoms with Crippen molar-refractivity contribution in [2.75, 3.05) is 12.4 Å². The van der Waals surface area contributed by atoms with Crippen molar-refractivity contribution in [3.05, 3.63) is 23.8 Å². The molecule has 3 amide bonds. The van der Waals surface area contributed by atoms with Crippen LogP contribution in [0, 0.1) is 6.92 Å². The van der Waals surface area contributed by atoms with E-state index in [0.717, 1.165) is 17.0 Å². The number of benzene rings is 1. The number of urea groups is 1. The van der Waals surface area contributed by atoms with Gasteiger partial charge in [0.2, 0.25) is 5.91 Å². The molecule has 0 fully saturated rings. The van der Waals surface area contributed by atoms with Crippen molar-refractivity contribution in [1.29, 1.82) is 0 Å². The zero-order valence-corrected chi connectivity index (χ0v) is 14.0. The summed E-state index contributed by atoms with van der Waals surface area (Å²) < 4.78 is 5.19. The Morgan fingerprint density at radius 3 is 2.36 bits per heavy atom. The van der Waals surface area contributed by atoms with Gasteiger partial charge in [0.15, 0.2) is 0 Å². The van der Waals surface area contributed by atoms with Crippen molar-refractivity contribution < 1.29 is 14.3 Å². The van der Waals surface area contributed by atoms with Gasteiger partial charge in [-0.2, -0.15) is 0 Å². The van der Waals surface area contributed by atoms with Gasteiger partial charge in [-0.05, 0) is 58.4 Å². The SMILES string of the molecule is COc1ccc(NC(C)C(=O)NC(=O)NC(C)(C)C)cc1C. The maximum absolute atomic E-state index is 12.0. The van der Waals surface area contributed by atoms with Crippen LogP contribution in [0.15, 0.2) is 18.2 Å². The molecular weight excluding hydrogens is 282 g/mol. The molecule has 1 atom stereocenters. The van der Waals surface area contributed by atoms with Crippen molar-refractivity contribution in [3.63, 3.8) is 0 Å². The lowest BCUT2D eigenvalue weighted by Crippen LogP contribution is -2.51. The average Bonchev–Trinajstić information content (AvgIpc) is 2.36. The van der Waals surface area contributed by atoms with Gasteiger partial charge in [-0.15, -0.1) is 0 Å². The summed E-state index contributed by atoms with van der Waals surface area (Å²) in [4.78, 5) is 23.7. The molecule has 0 bridgehead atoms. The van der Waals surface area contributed by atoms with Gasteiger partial charge in [-0.3, -0.25) is 10.1 Å². The molecule has 1 rings (SSSR count). The Morgan fingerprint density at radius 1 is 1.23 bits per heavy atom. The molecular formula is C16H25N3O3. The second-order valence-corrected chi connectivity index (χ2v) is 6.24. The molecule has 0 aromatic heterocycles. The first-order valence-electron chi connectivity index (χ1n) is 7.16. The molecule has 1 aromatic carbocycles. The lowest BCUT2D eigenvalue weighted by atomic mass is 10.1. The highest BCUT2D eigenvalue weighted by Crippen LogP contribution is 2.21. The van der Waals surface area contributed by atoms with Crippen LogP contribution in [0.4, 0.5) is 10.5 Å². The quantitative estimate of drug-likeness (QED) is 0.798. The van der Waals surface area contributed by atoms with Crippen LogP contribution in [0.1, 0.15) is 33.3 Å². The third-order valence-electron chi connectivity index (χ3n) is 2.90. The summed E-state index contributed by atoms with van der Waals surface area (Å²) >= 11 is 0.